The van der Waals surface area contributed by atoms with E-state index in [9.17, 15) is 22.4 Å². The molecule has 0 aliphatic heterocycles. The number of rotatable bonds is 2. The fourth-order valence-corrected chi connectivity index (χ4v) is 1.80. The first-order valence-electron chi connectivity index (χ1n) is 5.04. The van der Waals surface area contributed by atoms with Crippen molar-refractivity contribution in [1.29, 1.82) is 0 Å². The van der Waals surface area contributed by atoms with Crippen LogP contribution in [0.1, 0.15) is 15.9 Å². The number of carbonyl (C=O) groups excluding carboxylic acids is 1. The summed E-state index contributed by atoms with van der Waals surface area (Å²) in [5.41, 5.74) is -0.814. The number of hydrogen-bond donors (Lipinski definition) is 0. The molecule has 0 heterocycles. The Morgan fingerprint density at radius 2 is 1.53 bits per heavy atom. The summed E-state index contributed by atoms with van der Waals surface area (Å²) >= 11 is 2.77. The molecule has 0 bridgehead atoms. The van der Waals surface area contributed by atoms with Gasteiger partial charge in [-0.15, -0.1) is 0 Å². The van der Waals surface area contributed by atoms with E-state index in [1.165, 1.54) is 0 Å². The fourth-order valence-electron chi connectivity index (χ4n) is 1.49. The van der Waals surface area contributed by atoms with Gasteiger partial charge in [-0.25, -0.2) is 17.6 Å². The van der Waals surface area contributed by atoms with E-state index in [1.807, 2.05) is 0 Å². The van der Waals surface area contributed by atoms with E-state index in [1.54, 1.807) is 0 Å². The molecule has 0 saturated heterocycles. The highest BCUT2D eigenvalue weighted by molar-refractivity contribution is 9.10. The summed E-state index contributed by atoms with van der Waals surface area (Å²) in [4.78, 5) is 11.9. The molecule has 2 rings (SSSR count). The lowest BCUT2D eigenvalue weighted by molar-refractivity contribution is 0.103. The van der Waals surface area contributed by atoms with Gasteiger partial charge in [-0.2, -0.15) is 0 Å². The van der Waals surface area contributed by atoms with Gasteiger partial charge < -0.3 is 0 Å². The molecule has 0 amide bonds. The average molecular weight is 333 g/mol. The molecule has 0 aliphatic rings. The minimum Gasteiger partial charge on any atom is -0.288 e. The van der Waals surface area contributed by atoms with E-state index in [2.05, 4.69) is 15.9 Å². The number of halogens is 5. The van der Waals surface area contributed by atoms with Crippen molar-refractivity contribution in [3.63, 3.8) is 0 Å². The number of carbonyl (C=O) groups is 1. The van der Waals surface area contributed by atoms with Gasteiger partial charge in [0.2, 0.25) is 0 Å². The van der Waals surface area contributed by atoms with E-state index >= 15 is 0 Å². The van der Waals surface area contributed by atoms with Crippen molar-refractivity contribution in [1.82, 2.24) is 0 Å². The first kappa shape index (κ1) is 13.7. The number of benzene rings is 2. The lowest BCUT2D eigenvalue weighted by Crippen LogP contribution is -2.06. The van der Waals surface area contributed by atoms with Gasteiger partial charge in [0, 0.05) is 5.56 Å². The summed E-state index contributed by atoms with van der Waals surface area (Å²) in [6.07, 6.45) is 0. The molecule has 0 N–H and O–H groups in total. The highest BCUT2D eigenvalue weighted by Gasteiger charge is 2.18. The number of ketones is 1. The Balaban J connectivity index is 2.49. The molecule has 0 unspecified atom stereocenters. The molecular weight excluding hydrogens is 328 g/mol. The second-order valence-corrected chi connectivity index (χ2v) is 4.56. The van der Waals surface area contributed by atoms with Crippen LogP contribution in [-0.4, -0.2) is 5.78 Å². The van der Waals surface area contributed by atoms with E-state index in [0.29, 0.717) is 12.1 Å². The van der Waals surface area contributed by atoms with E-state index in [0.717, 1.165) is 18.2 Å². The highest BCUT2D eigenvalue weighted by Crippen LogP contribution is 2.22. The van der Waals surface area contributed by atoms with Crippen LogP contribution in [0.15, 0.2) is 34.8 Å². The molecule has 2 aromatic rings. The lowest BCUT2D eigenvalue weighted by Gasteiger charge is -2.05. The normalized spacial score (nSPS) is 10.6. The predicted octanol–water partition coefficient (Wildman–Crippen LogP) is 4.24. The monoisotopic (exact) mass is 332 g/mol. The zero-order valence-corrected chi connectivity index (χ0v) is 10.8. The Hall–Kier alpha value is -1.69. The first-order chi connectivity index (χ1) is 8.90. The molecule has 0 saturated carbocycles. The third-order valence-corrected chi connectivity index (χ3v) is 3.04. The van der Waals surface area contributed by atoms with Crippen LogP contribution in [0.2, 0.25) is 0 Å². The third-order valence-electron chi connectivity index (χ3n) is 2.44. The zero-order chi connectivity index (χ0) is 14.2. The lowest BCUT2D eigenvalue weighted by atomic mass is 10.0. The molecular formula is C13H5BrF4O. The van der Waals surface area contributed by atoms with Crippen molar-refractivity contribution in [2.75, 3.05) is 0 Å². The average Bonchev–Trinajstić information content (AvgIpc) is 2.36. The molecule has 0 aromatic heterocycles. The molecule has 0 aliphatic carbocycles. The van der Waals surface area contributed by atoms with Crippen LogP contribution >= 0.6 is 15.9 Å². The molecule has 98 valence electrons. The van der Waals surface area contributed by atoms with Crippen LogP contribution in [0.5, 0.6) is 0 Å². The maximum Gasteiger partial charge on any atom is 0.196 e. The summed E-state index contributed by atoms with van der Waals surface area (Å²) in [7, 11) is 0. The molecule has 2 aromatic carbocycles. The second kappa shape index (κ2) is 5.13. The van der Waals surface area contributed by atoms with E-state index in [-0.39, 0.29) is 10.0 Å². The van der Waals surface area contributed by atoms with Gasteiger partial charge >= 0.3 is 0 Å². The largest absolute Gasteiger partial charge is 0.288 e. The van der Waals surface area contributed by atoms with Crippen LogP contribution in [0.25, 0.3) is 0 Å². The Bertz CT molecular complexity index is 670. The van der Waals surface area contributed by atoms with E-state index < -0.39 is 34.6 Å². The summed E-state index contributed by atoms with van der Waals surface area (Å²) in [6, 6.07) is 3.87. The topological polar surface area (TPSA) is 17.1 Å². The Kier molecular flexibility index (Phi) is 3.71. The molecule has 0 fully saturated rings. The smallest absolute Gasteiger partial charge is 0.196 e. The van der Waals surface area contributed by atoms with Crippen LogP contribution < -0.4 is 0 Å². The molecule has 6 heteroatoms. The minimum atomic E-state index is -1.23. The maximum atomic E-state index is 13.6. The fraction of sp³-hybridized carbons (Fsp3) is 0. The molecule has 19 heavy (non-hydrogen) atoms. The van der Waals surface area contributed by atoms with Gasteiger partial charge in [0.05, 0.1) is 10.0 Å². The van der Waals surface area contributed by atoms with Crippen molar-refractivity contribution in [3.8, 4) is 0 Å². The van der Waals surface area contributed by atoms with Gasteiger partial charge in [0.1, 0.15) is 11.6 Å². The number of hydrogen-bond acceptors (Lipinski definition) is 1. The molecule has 0 spiro atoms. The van der Waals surface area contributed by atoms with Crippen molar-refractivity contribution in [2.24, 2.45) is 0 Å². The van der Waals surface area contributed by atoms with Crippen molar-refractivity contribution in [3.05, 3.63) is 69.2 Å². The summed E-state index contributed by atoms with van der Waals surface area (Å²) in [6.45, 7) is 0. The van der Waals surface area contributed by atoms with Crippen LogP contribution in [0.3, 0.4) is 0 Å². The van der Waals surface area contributed by atoms with Crippen molar-refractivity contribution < 1.29 is 22.4 Å². The zero-order valence-electron chi connectivity index (χ0n) is 9.18. The van der Waals surface area contributed by atoms with Crippen LogP contribution in [0.4, 0.5) is 17.6 Å². The Morgan fingerprint density at radius 1 is 0.842 bits per heavy atom. The van der Waals surface area contributed by atoms with Crippen molar-refractivity contribution >= 4 is 21.7 Å². The summed E-state index contributed by atoms with van der Waals surface area (Å²) in [5.74, 6) is -5.07. The maximum absolute atomic E-state index is 13.6. The Morgan fingerprint density at radius 3 is 2.16 bits per heavy atom. The summed E-state index contributed by atoms with van der Waals surface area (Å²) in [5, 5.41) is 0. The van der Waals surface area contributed by atoms with Crippen LogP contribution in [-0.2, 0) is 0 Å². The van der Waals surface area contributed by atoms with E-state index in [4.69, 9.17) is 0 Å². The second-order valence-electron chi connectivity index (χ2n) is 3.70. The summed E-state index contributed by atoms with van der Waals surface area (Å²) < 4.78 is 52.4. The van der Waals surface area contributed by atoms with Gasteiger partial charge in [-0.3, -0.25) is 4.79 Å². The van der Waals surface area contributed by atoms with Crippen LogP contribution in [0, 0.1) is 23.3 Å². The standard InChI is InChI=1S/C13H5BrF4O/c14-8-5-10(16)7(4-11(8)17)13(19)6-1-2-9(15)12(18)3-6/h1-5H. The third kappa shape index (κ3) is 2.68. The first-order valence-corrected chi connectivity index (χ1v) is 5.83. The quantitative estimate of drug-likeness (QED) is 0.457. The molecule has 0 radical (unpaired) electrons. The molecule has 0 atom stereocenters. The predicted molar refractivity (Wildman–Crippen MR) is 63.8 cm³/mol. The highest BCUT2D eigenvalue weighted by atomic mass is 79.9. The van der Waals surface area contributed by atoms with Crippen molar-refractivity contribution in [2.45, 2.75) is 0 Å². The van der Waals surface area contributed by atoms with Gasteiger partial charge in [0.25, 0.3) is 0 Å². The van der Waals surface area contributed by atoms with Gasteiger partial charge in [-0.1, -0.05) is 0 Å². The molecule has 1 nitrogen and oxygen atoms in total. The SMILES string of the molecule is O=C(c1ccc(F)c(F)c1)c1cc(F)c(Br)cc1F. The van der Waals surface area contributed by atoms with Gasteiger partial charge in [0.15, 0.2) is 17.4 Å². The Labute approximate surface area is 114 Å². The van der Waals surface area contributed by atoms with Gasteiger partial charge in [-0.05, 0) is 46.3 Å². The minimum absolute atomic E-state index is 0.133.